The van der Waals surface area contributed by atoms with E-state index >= 15 is 0 Å². The van der Waals surface area contributed by atoms with E-state index in [1.807, 2.05) is 18.2 Å². The van der Waals surface area contributed by atoms with Crippen molar-refractivity contribution in [2.75, 3.05) is 46.9 Å². The predicted octanol–water partition coefficient (Wildman–Crippen LogP) is 2.10. The zero-order valence-electron chi connectivity index (χ0n) is 17.5. The largest absolute Gasteiger partial charge is 0.493 e. The van der Waals surface area contributed by atoms with Crippen LogP contribution in [-0.2, 0) is 16.4 Å². The topological polar surface area (TPSA) is 88.2 Å². The fourth-order valence-electron chi connectivity index (χ4n) is 3.35. The fourth-order valence-corrected chi connectivity index (χ4v) is 4.77. The fraction of sp³-hybridized carbons (Fsp3) is 0.381. The van der Waals surface area contributed by atoms with Gasteiger partial charge in [0.25, 0.3) is 0 Å². The summed E-state index contributed by atoms with van der Waals surface area (Å²) in [4.78, 5) is 14.1. The van der Waals surface area contributed by atoms with Gasteiger partial charge >= 0.3 is 6.03 Å². The first kappa shape index (κ1) is 22.8. The zero-order chi connectivity index (χ0) is 22.4. The van der Waals surface area contributed by atoms with Crippen LogP contribution in [0.5, 0.6) is 11.5 Å². The Balaban J connectivity index is 1.48. The molecule has 2 aromatic carbocycles. The molecule has 1 aliphatic heterocycles. The number of urea groups is 1. The maximum Gasteiger partial charge on any atom is 0.317 e. The van der Waals surface area contributed by atoms with E-state index in [1.165, 1.54) is 16.4 Å². The minimum atomic E-state index is -3.71. The Kier molecular flexibility index (Phi) is 7.34. The number of methoxy groups -OCH3 is 2. The Morgan fingerprint density at radius 1 is 1.00 bits per heavy atom. The standard InChI is InChI=1S/C21H26FN3O5S/c1-29-19-8-3-16(15-20(19)30-2)9-10-23-21(26)24-11-13-25(14-12-24)31(27,28)18-6-4-17(22)5-7-18/h3-8,15H,9-14H2,1-2H3,(H,23,26). The van der Waals surface area contributed by atoms with Gasteiger partial charge in [0, 0.05) is 32.7 Å². The van der Waals surface area contributed by atoms with Gasteiger partial charge in [0.05, 0.1) is 19.1 Å². The molecule has 3 rings (SSSR count). The summed E-state index contributed by atoms with van der Waals surface area (Å²) in [6, 6.07) is 10.1. The molecular formula is C21H26FN3O5S. The van der Waals surface area contributed by atoms with Crippen molar-refractivity contribution in [1.82, 2.24) is 14.5 Å². The summed E-state index contributed by atoms with van der Waals surface area (Å²) in [6.07, 6.45) is 0.616. The number of nitrogens with one attached hydrogen (secondary N) is 1. The Labute approximate surface area is 181 Å². The van der Waals surface area contributed by atoms with Gasteiger partial charge < -0.3 is 19.7 Å². The Bertz CT molecular complexity index is 1010. The van der Waals surface area contributed by atoms with E-state index in [0.29, 0.717) is 24.5 Å². The quantitative estimate of drug-likeness (QED) is 0.697. The zero-order valence-corrected chi connectivity index (χ0v) is 18.3. The summed E-state index contributed by atoms with van der Waals surface area (Å²) in [6.45, 7) is 1.36. The van der Waals surface area contributed by atoms with Crippen molar-refractivity contribution in [3.8, 4) is 11.5 Å². The van der Waals surface area contributed by atoms with Crippen molar-refractivity contribution in [3.63, 3.8) is 0 Å². The van der Waals surface area contributed by atoms with E-state index in [4.69, 9.17) is 9.47 Å². The Morgan fingerprint density at radius 3 is 2.26 bits per heavy atom. The predicted molar refractivity (Wildman–Crippen MR) is 113 cm³/mol. The average Bonchev–Trinajstić information content (AvgIpc) is 2.79. The third-order valence-electron chi connectivity index (χ3n) is 5.12. The normalized spacial score (nSPS) is 14.9. The van der Waals surface area contributed by atoms with E-state index in [2.05, 4.69) is 5.32 Å². The van der Waals surface area contributed by atoms with E-state index in [0.717, 1.165) is 17.7 Å². The van der Waals surface area contributed by atoms with Crippen LogP contribution in [-0.4, -0.2) is 70.6 Å². The Morgan fingerprint density at radius 2 is 1.65 bits per heavy atom. The smallest absolute Gasteiger partial charge is 0.317 e. The number of rotatable bonds is 7. The molecule has 0 unspecified atom stereocenters. The van der Waals surface area contributed by atoms with Gasteiger partial charge in [0.1, 0.15) is 5.82 Å². The van der Waals surface area contributed by atoms with Crippen LogP contribution in [0, 0.1) is 5.82 Å². The highest BCUT2D eigenvalue weighted by Crippen LogP contribution is 2.27. The molecule has 0 aliphatic carbocycles. The van der Waals surface area contributed by atoms with Crippen LogP contribution in [0.15, 0.2) is 47.4 Å². The van der Waals surface area contributed by atoms with Crippen molar-refractivity contribution in [1.29, 1.82) is 0 Å². The molecule has 168 valence electrons. The highest BCUT2D eigenvalue weighted by Gasteiger charge is 2.30. The summed E-state index contributed by atoms with van der Waals surface area (Å²) in [7, 11) is -0.567. The Hall–Kier alpha value is -2.85. The van der Waals surface area contributed by atoms with Crippen LogP contribution in [0.1, 0.15) is 5.56 Å². The second-order valence-corrected chi connectivity index (χ2v) is 8.95. The lowest BCUT2D eigenvalue weighted by atomic mass is 10.1. The first-order valence-electron chi connectivity index (χ1n) is 9.84. The van der Waals surface area contributed by atoms with E-state index < -0.39 is 15.8 Å². The molecule has 0 bridgehead atoms. The molecule has 2 aromatic rings. The summed E-state index contributed by atoms with van der Waals surface area (Å²) < 4.78 is 50.2. The maximum atomic E-state index is 13.1. The average molecular weight is 452 g/mol. The number of carbonyl (C=O) groups excluding carboxylic acids is 1. The van der Waals surface area contributed by atoms with Crippen molar-refractivity contribution in [2.24, 2.45) is 0 Å². The molecule has 1 fully saturated rings. The highest BCUT2D eigenvalue weighted by molar-refractivity contribution is 7.89. The second kappa shape index (κ2) is 9.97. The van der Waals surface area contributed by atoms with Crippen LogP contribution in [0.2, 0.25) is 0 Å². The number of nitrogens with zero attached hydrogens (tertiary/aromatic N) is 2. The molecule has 1 saturated heterocycles. The minimum absolute atomic E-state index is 0.0433. The van der Waals surface area contributed by atoms with Crippen molar-refractivity contribution in [3.05, 3.63) is 53.8 Å². The van der Waals surface area contributed by atoms with Crippen molar-refractivity contribution >= 4 is 16.1 Å². The van der Waals surface area contributed by atoms with E-state index in [9.17, 15) is 17.6 Å². The van der Waals surface area contributed by atoms with Crippen LogP contribution < -0.4 is 14.8 Å². The summed E-state index contributed by atoms with van der Waals surface area (Å²) >= 11 is 0. The van der Waals surface area contributed by atoms with Gasteiger partial charge in [-0.05, 0) is 48.4 Å². The van der Waals surface area contributed by atoms with Gasteiger partial charge in [0.15, 0.2) is 11.5 Å². The molecule has 8 nitrogen and oxygen atoms in total. The first-order valence-corrected chi connectivity index (χ1v) is 11.3. The third-order valence-corrected chi connectivity index (χ3v) is 7.03. The first-order chi connectivity index (χ1) is 14.8. The molecule has 2 amide bonds. The third kappa shape index (κ3) is 5.45. The van der Waals surface area contributed by atoms with Gasteiger partial charge in [-0.3, -0.25) is 0 Å². The van der Waals surface area contributed by atoms with Crippen LogP contribution in [0.4, 0.5) is 9.18 Å². The van der Waals surface area contributed by atoms with Gasteiger partial charge in [-0.15, -0.1) is 0 Å². The van der Waals surface area contributed by atoms with Crippen molar-refractivity contribution in [2.45, 2.75) is 11.3 Å². The molecule has 0 saturated carbocycles. The number of ether oxygens (including phenoxy) is 2. The highest BCUT2D eigenvalue weighted by atomic mass is 32.2. The van der Waals surface area contributed by atoms with Gasteiger partial charge in [-0.1, -0.05) is 6.07 Å². The lowest BCUT2D eigenvalue weighted by molar-refractivity contribution is 0.172. The SMILES string of the molecule is COc1ccc(CCNC(=O)N2CCN(S(=O)(=O)c3ccc(F)cc3)CC2)cc1OC. The lowest BCUT2D eigenvalue weighted by Gasteiger charge is -2.34. The maximum absolute atomic E-state index is 13.1. The van der Waals surface area contributed by atoms with E-state index in [-0.39, 0.29) is 37.1 Å². The number of sulfonamides is 1. The van der Waals surface area contributed by atoms with Gasteiger partial charge in [-0.25, -0.2) is 17.6 Å². The molecule has 0 spiro atoms. The second-order valence-electron chi connectivity index (χ2n) is 7.02. The molecule has 1 N–H and O–H groups in total. The van der Waals surface area contributed by atoms with Crippen LogP contribution in [0.25, 0.3) is 0 Å². The summed E-state index contributed by atoms with van der Waals surface area (Å²) in [5.41, 5.74) is 0.994. The number of hydrogen-bond acceptors (Lipinski definition) is 5. The van der Waals surface area contributed by atoms with Crippen LogP contribution >= 0.6 is 0 Å². The minimum Gasteiger partial charge on any atom is -0.493 e. The van der Waals surface area contributed by atoms with E-state index in [1.54, 1.807) is 19.1 Å². The molecule has 31 heavy (non-hydrogen) atoms. The molecule has 1 aliphatic rings. The number of benzene rings is 2. The number of amides is 2. The summed E-state index contributed by atoms with van der Waals surface area (Å²) in [5, 5.41) is 2.86. The lowest BCUT2D eigenvalue weighted by Crippen LogP contribution is -2.53. The number of halogens is 1. The van der Waals surface area contributed by atoms with Crippen molar-refractivity contribution < 1.29 is 27.1 Å². The van der Waals surface area contributed by atoms with Crippen LogP contribution in [0.3, 0.4) is 0 Å². The number of piperazine rings is 1. The number of carbonyl (C=O) groups is 1. The molecule has 1 heterocycles. The molecule has 0 atom stereocenters. The summed E-state index contributed by atoms with van der Waals surface area (Å²) in [5.74, 6) is 0.780. The monoisotopic (exact) mass is 451 g/mol. The molecular weight excluding hydrogens is 425 g/mol. The number of hydrogen-bond donors (Lipinski definition) is 1. The van der Waals surface area contributed by atoms with Gasteiger partial charge in [0.2, 0.25) is 10.0 Å². The molecule has 0 radical (unpaired) electrons. The molecule has 10 heteroatoms. The molecule has 0 aromatic heterocycles. The van der Waals surface area contributed by atoms with Gasteiger partial charge in [-0.2, -0.15) is 4.31 Å².